The van der Waals surface area contributed by atoms with Crippen LogP contribution in [0.1, 0.15) is 101 Å². The molecule has 0 unspecified atom stereocenters. The summed E-state index contributed by atoms with van der Waals surface area (Å²) in [6.07, 6.45) is 5.84. The summed E-state index contributed by atoms with van der Waals surface area (Å²) in [6, 6.07) is 39.9. The van der Waals surface area contributed by atoms with Crippen LogP contribution in [0.4, 0.5) is 0 Å². The summed E-state index contributed by atoms with van der Waals surface area (Å²) in [7, 11) is 0. The van der Waals surface area contributed by atoms with E-state index < -0.39 is 0 Å². The Labute approximate surface area is 346 Å². The Kier molecular flexibility index (Phi) is 9.21. The Morgan fingerprint density at radius 2 is 0.627 bits per heavy atom. The largest absolute Gasteiger partial charge is 0.354 e. The smallest absolute Gasteiger partial charge is 0.0486 e. The van der Waals surface area contributed by atoms with Crippen molar-refractivity contribution in [1.82, 2.24) is 19.9 Å². The third kappa shape index (κ3) is 6.54. The van der Waals surface area contributed by atoms with Gasteiger partial charge in [0, 0.05) is 72.0 Å². The summed E-state index contributed by atoms with van der Waals surface area (Å²) in [5.41, 5.74) is 25.3. The van der Waals surface area contributed by atoms with Crippen molar-refractivity contribution in [3.05, 3.63) is 231 Å². The van der Waals surface area contributed by atoms with Crippen LogP contribution in [0.5, 0.6) is 0 Å². The third-order valence-electron chi connectivity index (χ3n) is 12.0. The molecule has 0 fully saturated rings. The van der Waals surface area contributed by atoms with Gasteiger partial charge in [-0.1, -0.05) is 71.1 Å². The molecule has 1 aliphatic heterocycles. The monoisotopic (exact) mass is 766 g/mol. The Bertz CT molecular complexity index is 3230. The summed E-state index contributed by atoms with van der Waals surface area (Å²) >= 11 is 0. The van der Waals surface area contributed by atoms with Crippen molar-refractivity contribution in [2.75, 3.05) is 0 Å². The molecule has 4 heteroatoms. The Hall–Kier alpha value is -6.96. The standard InChI is InChI=1S/C55H50N4/c1-11-39-12-14-40(15-13-39)52-41-16-18-43(56-41)53(49-33(5)24-30(2)25-34(49)6)45-20-22-47(58-45)55(51-37(9)28-32(4)29-38(51)10)48-23-21-46(59-48)54(44-19-17-42(52)57-44)50-35(7)26-31(3)27-36(50)8/h1,12-29,56-59H,2-10H3. The maximum Gasteiger partial charge on any atom is 0.0486 e. The van der Waals surface area contributed by atoms with Gasteiger partial charge in [-0.25, -0.2) is 0 Å². The minimum Gasteiger partial charge on any atom is -0.354 e. The van der Waals surface area contributed by atoms with Crippen LogP contribution in [0.2, 0.25) is 0 Å². The highest BCUT2D eigenvalue weighted by atomic mass is 14.8. The van der Waals surface area contributed by atoms with E-state index in [2.05, 4.69) is 185 Å². The van der Waals surface area contributed by atoms with Gasteiger partial charge in [0.25, 0.3) is 0 Å². The number of H-pyrrole nitrogens is 4. The molecule has 290 valence electrons. The molecule has 0 amide bonds. The van der Waals surface area contributed by atoms with Crippen LogP contribution in [0.3, 0.4) is 0 Å². The molecule has 4 nitrogen and oxygen atoms in total. The van der Waals surface area contributed by atoms with Gasteiger partial charge in [-0.05, 0) is 179 Å². The highest BCUT2D eigenvalue weighted by molar-refractivity contribution is 5.87. The minimum absolute atomic E-state index is 0.848. The van der Waals surface area contributed by atoms with Crippen molar-refractivity contribution in [2.24, 2.45) is 0 Å². The fourth-order valence-corrected chi connectivity index (χ4v) is 9.90. The Morgan fingerprint density at radius 1 is 0.339 bits per heavy atom. The SMILES string of the molecule is C#Cc1ccc(C2=c3ccc([nH]3)=C(c3c(C)cc(C)cc3C)c3ccc([nH]3)C(c3c(C)cc(C)cc3C)=c3ccc([nH]3)=C(c3c(C)cc(C)cc3C)c3ccc2[nH]3)cc1. The summed E-state index contributed by atoms with van der Waals surface area (Å²) in [5.74, 6) is 2.80. The molecule has 1 aliphatic rings. The topological polar surface area (TPSA) is 63.2 Å². The first kappa shape index (κ1) is 37.6. The van der Waals surface area contributed by atoms with E-state index in [0.717, 1.165) is 77.6 Å². The molecule has 8 bridgehead atoms. The van der Waals surface area contributed by atoms with Crippen molar-refractivity contribution in [2.45, 2.75) is 62.3 Å². The van der Waals surface area contributed by atoms with Crippen LogP contribution < -0.4 is 21.4 Å². The van der Waals surface area contributed by atoms with E-state index in [1.807, 2.05) is 12.1 Å². The number of aromatic amines is 4. The first-order chi connectivity index (χ1) is 28.4. The third-order valence-corrected chi connectivity index (χ3v) is 12.0. The molecule has 0 atom stereocenters. The molecule has 4 N–H and O–H groups in total. The lowest BCUT2D eigenvalue weighted by molar-refractivity contribution is 1.17. The molecule has 0 saturated heterocycles. The van der Waals surface area contributed by atoms with E-state index in [9.17, 15) is 0 Å². The molecule has 0 saturated carbocycles. The summed E-state index contributed by atoms with van der Waals surface area (Å²) in [4.78, 5) is 15.9. The van der Waals surface area contributed by atoms with Crippen LogP contribution >= 0.6 is 0 Å². The van der Waals surface area contributed by atoms with Crippen molar-refractivity contribution in [1.29, 1.82) is 0 Å². The molecule has 0 radical (unpaired) electrons. The number of fused-ring (bicyclic) bond motifs is 8. The number of terminal acetylenes is 1. The molecule has 0 aliphatic carbocycles. The predicted octanol–water partition coefficient (Wildman–Crippen LogP) is 9.06. The Morgan fingerprint density at radius 3 is 0.932 bits per heavy atom. The molecular formula is C55H50N4. The van der Waals surface area contributed by atoms with Gasteiger partial charge < -0.3 is 19.9 Å². The first-order valence-corrected chi connectivity index (χ1v) is 20.5. The fraction of sp³-hybridized carbons (Fsp3) is 0.164. The number of aromatic nitrogens is 4. The second-order valence-corrected chi connectivity index (χ2v) is 16.7. The van der Waals surface area contributed by atoms with E-state index in [1.54, 1.807) is 0 Å². The van der Waals surface area contributed by atoms with Crippen LogP contribution in [0.25, 0.3) is 22.3 Å². The second kappa shape index (κ2) is 14.5. The van der Waals surface area contributed by atoms with E-state index in [0.29, 0.717) is 0 Å². The van der Waals surface area contributed by atoms with Gasteiger partial charge in [-0.15, -0.1) is 6.42 Å². The van der Waals surface area contributed by atoms with Gasteiger partial charge in [0.15, 0.2) is 0 Å². The van der Waals surface area contributed by atoms with E-state index in [4.69, 9.17) is 6.42 Å². The van der Waals surface area contributed by atoms with Gasteiger partial charge in [0.05, 0.1) is 0 Å². The number of benzene rings is 4. The van der Waals surface area contributed by atoms with Gasteiger partial charge in [-0.2, -0.15) is 0 Å². The van der Waals surface area contributed by atoms with Crippen molar-refractivity contribution in [3.63, 3.8) is 0 Å². The summed E-state index contributed by atoms with van der Waals surface area (Å²) in [6.45, 7) is 19.9. The average Bonchev–Trinajstić information content (AvgIpc) is 4.02. The van der Waals surface area contributed by atoms with Gasteiger partial charge >= 0.3 is 0 Å². The average molecular weight is 767 g/mol. The predicted molar refractivity (Wildman–Crippen MR) is 244 cm³/mol. The number of rotatable bonds is 4. The zero-order chi connectivity index (χ0) is 41.3. The van der Waals surface area contributed by atoms with Crippen LogP contribution in [-0.2, 0) is 0 Å². The first-order valence-electron chi connectivity index (χ1n) is 20.5. The van der Waals surface area contributed by atoms with Crippen molar-refractivity contribution >= 4 is 22.3 Å². The highest BCUT2D eigenvalue weighted by Gasteiger charge is 2.22. The lowest BCUT2D eigenvalue weighted by Gasteiger charge is -2.16. The quantitative estimate of drug-likeness (QED) is 0.129. The Balaban J connectivity index is 1.48. The molecular weight excluding hydrogens is 717 g/mol. The lowest BCUT2D eigenvalue weighted by Crippen LogP contribution is -2.20. The van der Waals surface area contributed by atoms with Gasteiger partial charge in [0.1, 0.15) is 0 Å². The maximum absolute atomic E-state index is 5.84. The van der Waals surface area contributed by atoms with E-state index >= 15 is 0 Å². The molecule has 0 spiro atoms. The number of aryl methyl sites for hydroxylation is 9. The molecule has 59 heavy (non-hydrogen) atoms. The molecule has 4 aromatic carbocycles. The van der Waals surface area contributed by atoms with E-state index in [-0.39, 0.29) is 0 Å². The summed E-state index contributed by atoms with van der Waals surface area (Å²) < 4.78 is 0. The molecule has 8 aromatic rings. The van der Waals surface area contributed by atoms with Gasteiger partial charge in [0.2, 0.25) is 0 Å². The number of nitrogens with one attached hydrogen (secondary N) is 4. The molecule has 9 rings (SSSR count). The van der Waals surface area contributed by atoms with Crippen molar-refractivity contribution in [3.8, 4) is 12.3 Å². The second-order valence-electron chi connectivity index (χ2n) is 16.7. The number of hydrogen-bond acceptors (Lipinski definition) is 0. The van der Waals surface area contributed by atoms with Crippen LogP contribution in [-0.4, -0.2) is 19.9 Å². The molecule has 4 aromatic heterocycles. The van der Waals surface area contributed by atoms with E-state index in [1.165, 1.54) is 66.8 Å². The van der Waals surface area contributed by atoms with Gasteiger partial charge in [-0.3, -0.25) is 0 Å². The highest BCUT2D eigenvalue weighted by Crippen LogP contribution is 2.33. The maximum atomic E-state index is 5.84. The number of hydrogen-bond donors (Lipinski definition) is 4. The van der Waals surface area contributed by atoms with Crippen LogP contribution in [0, 0.1) is 74.7 Å². The lowest BCUT2D eigenvalue weighted by atomic mass is 9.91. The normalized spacial score (nSPS) is 12.7. The molecule has 5 heterocycles. The minimum atomic E-state index is 0.848. The summed E-state index contributed by atoms with van der Waals surface area (Å²) in [5, 5.41) is 4.13. The fourth-order valence-electron chi connectivity index (χ4n) is 9.90. The zero-order valence-corrected chi connectivity index (χ0v) is 35.5. The zero-order valence-electron chi connectivity index (χ0n) is 35.5. The van der Waals surface area contributed by atoms with Crippen LogP contribution in [0.15, 0.2) is 109 Å². The van der Waals surface area contributed by atoms with Crippen molar-refractivity contribution < 1.29 is 0 Å².